The minimum absolute atomic E-state index is 0.113. The van der Waals surface area contributed by atoms with Crippen LogP contribution < -0.4 is 0 Å². The van der Waals surface area contributed by atoms with Gasteiger partial charge in [-0.05, 0) is 18.9 Å². The Morgan fingerprint density at radius 1 is 1.04 bits per heavy atom. The van der Waals surface area contributed by atoms with Crippen molar-refractivity contribution in [1.82, 2.24) is 9.80 Å². The predicted molar refractivity (Wildman–Crippen MR) is 89.0 cm³/mol. The summed E-state index contributed by atoms with van der Waals surface area (Å²) in [6.45, 7) is 7.98. The van der Waals surface area contributed by atoms with Crippen molar-refractivity contribution in [2.45, 2.75) is 26.3 Å². The van der Waals surface area contributed by atoms with Crippen molar-refractivity contribution in [1.29, 1.82) is 0 Å². The Morgan fingerprint density at radius 3 is 2.35 bits per heavy atom. The van der Waals surface area contributed by atoms with Crippen LogP contribution in [0.1, 0.15) is 25.3 Å². The van der Waals surface area contributed by atoms with Crippen LogP contribution >= 0.6 is 0 Å². The summed E-state index contributed by atoms with van der Waals surface area (Å²) < 4.78 is 5.05. The summed E-state index contributed by atoms with van der Waals surface area (Å²) in [6.07, 6.45) is 0.709. The van der Waals surface area contributed by atoms with Gasteiger partial charge in [0.15, 0.2) is 0 Å². The van der Waals surface area contributed by atoms with Gasteiger partial charge in [0.25, 0.3) is 0 Å². The zero-order chi connectivity index (χ0) is 16.5. The Balaban J connectivity index is 1.56. The summed E-state index contributed by atoms with van der Waals surface area (Å²) in [5.41, 5.74) is 1.36. The number of ketones is 1. The van der Waals surface area contributed by atoms with Crippen molar-refractivity contribution in [2.24, 2.45) is 0 Å². The van der Waals surface area contributed by atoms with E-state index in [1.165, 1.54) is 12.5 Å². The molecular formula is C18H26N2O3. The topological polar surface area (TPSA) is 49.9 Å². The van der Waals surface area contributed by atoms with Crippen molar-refractivity contribution in [3.63, 3.8) is 0 Å². The molecule has 0 amide bonds. The first-order valence-electron chi connectivity index (χ1n) is 8.27. The average Bonchev–Trinajstić information content (AvgIpc) is 2.53. The van der Waals surface area contributed by atoms with E-state index in [1.54, 1.807) is 0 Å². The van der Waals surface area contributed by atoms with Crippen LogP contribution in [0.5, 0.6) is 0 Å². The molecular weight excluding hydrogens is 292 g/mol. The predicted octanol–water partition coefficient (Wildman–Crippen LogP) is 1.72. The van der Waals surface area contributed by atoms with E-state index in [1.807, 2.05) is 6.07 Å². The Bertz CT molecular complexity index is 496. The average molecular weight is 318 g/mol. The van der Waals surface area contributed by atoms with Crippen molar-refractivity contribution in [3.05, 3.63) is 35.9 Å². The lowest BCUT2D eigenvalue weighted by Crippen LogP contribution is -2.46. The van der Waals surface area contributed by atoms with Gasteiger partial charge in [0.2, 0.25) is 0 Å². The maximum Gasteiger partial charge on any atom is 0.313 e. The molecule has 1 aromatic rings. The Labute approximate surface area is 138 Å². The maximum absolute atomic E-state index is 11.3. The molecule has 1 aliphatic rings. The first-order chi connectivity index (χ1) is 11.1. The van der Waals surface area contributed by atoms with Crippen LogP contribution in [0.3, 0.4) is 0 Å². The van der Waals surface area contributed by atoms with Crippen LogP contribution in [-0.2, 0) is 20.9 Å². The molecule has 23 heavy (non-hydrogen) atoms. The van der Waals surface area contributed by atoms with Crippen molar-refractivity contribution >= 4 is 11.8 Å². The largest absolute Gasteiger partial charge is 0.465 e. The zero-order valence-corrected chi connectivity index (χ0v) is 13.9. The molecule has 5 heteroatoms. The van der Waals surface area contributed by atoms with Gasteiger partial charge in [-0.1, -0.05) is 30.3 Å². The Hall–Kier alpha value is -1.72. The Kier molecular flexibility index (Phi) is 7.23. The van der Waals surface area contributed by atoms with Crippen LogP contribution in [0.15, 0.2) is 30.3 Å². The normalized spacial score (nSPS) is 16.2. The highest BCUT2D eigenvalue weighted by molar-refractivity contribution is 5.94. The molecule has 126 valence electrons. The number of hydrogen-bond acceptors (Lipinski definition) is 5. The lowest BCUT2D eigenvalue weighted by molar-refractivity contribution is -0.145. The first kappa shape index (κ1) is 17.6. The molecule has 5 nitrogen and oxygen atoms in total. The van der Waals surface area contributed by atoms with E-state index < -0.39 is 5.97 Å². The maximum atomic E-state index is 11.3. The molecule has 0 aromatic heterocycles. The molecule has 1 aliphatic heterocycles. The van der Waals surface area contributed by atoms with E-state index >= 15 is 0 Å². The molecule has 0 saturated carbocycles. The van der Waals surface area contributed by atoms with Gasteiger partial charge >= 0.3 is 5.97 Å². The molecule has 2 rings (SSSR count). The van der Waals surface area contributed by atoms with Crippen molar-refractivity contribution in [2.75, 3.05) is 39.3 Å². The van der Waals surface area contributed by atoms with Crippen LogP contribution in [0, 0.1) is 0 Å². The lowest BCUT2D eigenvalue weighted by atomic mass is 10.2. The molecule has 0 atom stereocenters. The SMILES string of the molecule is CC(=O)CC(=O)OCCCN1CCN(Cc2ccccc2)CC1. The molecule has 0 radical (unpaired) electrons. The van der Waals surface area contributed by atoms with Crippen molar-refractivity contribution in [3.8, 4) is 0 Å². The van der Waals surface area contributed by atoms with Gasteiger partial charge in [0, 0.05) is 39.3 Å². The van der Waals surface area contributed by atoms with Gasteiger partial charge in [-0.25, -0.2) is 0 Å². The van der Waals surface area contributed by atoms with Gasteiger partial charge in [-0.15, -0.1) is 0 Å². The number of hydrogen-bond donors (Lipinski definition) is 0. The minimum Gasteiger partial charge on any atom is -0.465 e. The van der Waals surface area contributed by atoms with E-state index in [4.69, 9.17) is 4.74 Å². The van der Waals surface area contributed by atoms with Gasteiger partial charge < -0.3 is 9.64 Å². The number of carbonyl (C=O) groups is 2. The van der Waals surface area contributed by atoms with Gasteiger partial charge in [-0.3, -0.25) is 14.5 Å². The minimum atomic E-state index is -0.412. The third-order valence-corrected chi connectivity index (χ3v) is 3.99. The number of piperazine rings is 1. The lowest BCUT2D eigenvalue weighted by Gasteiger charge is -2.34. The summed E-state index contributed by atoms with van der Waals surface area (Å²) in [5.74, 6) is -0.560. The highest BCUT2D eigenvalue weighted by atomic mass is 16.5. The van der Waals surface area contributed by atoms with Crippen molar-refractivity contribution < 1.29 is 14.3 Å². The number of esters is 1. The van der Waals surface area contributed by atoms with E-state index in [0.29, 0.717) is 6.61 Å². The van der Waals surface area contributed by atoms with Crippen LogP contribution in [0.25, 0.3) is 0 Å². The second-order valence-corrected chi connectivity index (χ2v) is 6.06. The van der Waals surface area contributed by atoms with E-state index in [9.17, 15) is 9.59 Å². The smallest absolute Gasteiger partial charge is 0.313 e. The fraction of sp³-hybridized carbons (Fsp3) is 0.556. The third-order valence-electron chi connectivity index (χ3n) is 3.99. The highest BCUT2D eigenvalue weighted by Gasteiger charge is 2.16. The Morgan fingerprint density at radius 2 is 1.70 bits per heavy atom. The summed E-state index contributed by atoms with van der Waals surface area (Å²) >= 11 is 0. The quantitative estimate of drug-likeness (QED) is 0.415. The number of Topliss-reactive ketones (excluding diaryl/α,β-unsaturated/α-hetero) is 1. The van der Waals surface area contributed by atoms with Gasteiger partial charge in [0.1, 0.15) is 12.2 Å². The third kappa shape index (κ3) is 6.93. The summed E-state index contributed by atoms with van der Waals surface area (Å²) in [5, 5.41) is 0. The number of benzene rings is 1. The molecule has 0 unspecified atom stereocenters. The number of carbonyl (C=O) groups excluding carboxylic acids is 2. The van der Waals surface area contributed by atoms with Crippen LogP contribution in [0.4, 0.5) is 0 Å². The summed E-state index contributed by atoms with van der Waals surface area (Å²) in [6, 6.07) is 10.5. The number of nitrogens with zero attached hydrogens (tertiary/aromatic N) is 2. The zero-order valence-electron chi connectivity index (χ0n) is 13.9. The molecule has 0 spiro atoms. The van der Waals surface area contributed by atoms with E-state index in [0.717, 1.165) is 45.7 Å². The highest BCUT2D eigenvalue weighted by Crippen LogP contribution is 2.08. The number of rotatable bonds is 8. The first-order valence-corrected chi connectivity index (χ1v) is 8.27. The standard InChI is InChI=1S/C18H26N2O3/c1-16(21)14-18(22)23-13-5-8-19-9-11-20(12-10-19)15-17-6-3-2-4-7-17/h2-4,6-7H,5,8-15H2,1H3. The molecule has 0 N–H and O–H groups in total. The summed E-state index contributed by atoms with van der Waals surface area (Å²) in [7, 11) is 0. The fourth-order valence-electron chi connectivity index (χ4n) is 2.74. The molecule has 1 heterocycles. The second-order valence-electron chi connectivity index (χ2n) is 6.06. The van der Waals surface area contributed by atoms with Crippen LogP contribution in [0.2, 0.25) is 0 Å². The second kappa shape index (κ2) is 9.43. The molecule has 1 saturated heterocycles. The molecule has 1 fully saturated rings. The van der Waals surface area contributed by atoms with Gasteiger partial charge in [0.05, 0.1) is 6.61 Å². The van der Waals surface area contributed by atoms with Gasteiger partial charge in [-0.2, -0.15) is 0 Å². The van der Waals surface area contributed by atoms with Crippen LogP contribution in [-0.4, -0.2) is 60.9 Å². The molecule has 0 aliphatic carbocycles. The number of ether oxygens (including phenoxy) is 1. The monoisotopic (exact) mass is 318 g/mol. The molecule has 0 bridgehead atoms. The van der Waals surface area contributed by atoms with E-state index in [2.05, 4.69) is 34.1 Å². The van der Waals surface area contributed by atoms with E-state index in [-0.39, 0.29) is 12.2 Å². The molecule has 1 aromatic carbocycles. The fourth-order valence-corrected chi connectivity index (χ4v) is 2.74. The summed E-state index contributed by atoms with van der Waals surface area (Å²) in [4.78, 5) is 26.9.